The van der Waals surface area contributed by atoms with Gasteiger partial charge in [-0.1, -0.05) is 28.4 Å². The van der Waals surface area contributed by atoms with E-state index >= 15 is 0 Å². The largest absolute Gasteiger partial charge is 0.399 e. The second-order valence-electron chi connectivity index (χ2n) is 5.54. The molecule has 26 heavy (non-hydrogen) atoms. The quantitative estimate of drug-likeness (QED) is 0.317. The van der Waals surface area contributed by atoms with Gasteiger partial charge in [-0.25, -0.2) is 4.98 Å². The Hall–Kier alpha value is -3.20. The lowest BCUT2D eigenvalue weighted by atomic mass is 10.2. The molecule has 0 aromatic carbocycles. The Kier molecular flexibility index (Phi) is 7.31. The molecule has 0 N–H and O–H groups in total. The molecule has 6 heteroatoms. The summed E-state index contributed by atoms with van der Waals surface area (Å²) < 4.78 is 0. The minimum absolute atomic E-state index is 0.489. The van der Waals surface area contributed by atoms with E-state index in [0.717, 1.165) is 29.9 Å². The number of aromatic nitrogens is 2. The average molecular weight is 350 g/mol. The molecule has 0 bridgehead atoms. The molecule has 0 spiro atoms. The average Bonchev–Trinajstić information content (AvgIpc) is 2.68. The van der Waals surface area contributed by atoms with Crippen molar-refractivity contribution in [2.45, 2.75) is 26.7 Å². The summed E-state index contributed by atoms with van der Waals surface area (Å²) in [5, 5.41) is 8.00. The molecule has 0 unspecified atom stereocenters. The van der Waals surface area contributed by atoms with Crippen molar-refractivity contribution in [2.75, 3.05) is 13.7 Å². The number of aryl methyl sites for hydroxylation is 1. The zero-order valence-electron chi connectivity index (χ0n) is 15.3. The number of terminal acetylenes is 1. The molecule has 0 fully saturated rings. The number of nitrogens with zero attached hydrogens (tertiary/aromatic N) is 4. The van der Waals surface area contributed by atoms with E-state index in [1.807, 2.05) is 44.2 Å². The molecule has 2 heterocycles. The number of hydrogen-bond donors (Lipinski definition) is 0. The molecule has 0 aliphatic rings. The van der Waals surface area contributed by atoms with Crippen LogP contribution >= 0.6 is 0 Å². The number of oxime groups is 2. The van der Waals surface area contributed by atoms with Crippen LogP contribution < -0.4 is 0 Å². The molecule has 2 aromatic rings. The molecule has 0 aliphatic heterocycles. The molecule has 0 saturated carbocycles. The first-order chi connectivity index (χ1) is 12.6. The highest BCUT2D eigenvalue weighted by molar-refractivity contribution is 5.97. The van der Waals surface area contributed by atoms with Gasteiger partial charge in [0.05, 0.1) is 11.4 Å². The van der Waals surface area contributed by atoms with Gasteiger partial charge in [0, 0.05) is 5.69 Å². The summed E-state index contributed by atoms with van der Waals surface area (Å²) in [6, 6.07) is 11.3. The second-order valence-corrected chi connectivity index (χ2v) is 5.54. The maximum absolute atomic E-state index is 5.39. The molecule has 2 aromatic heterocycles. The third-order valence-electron chi connectivity index (χ3n) is 3.54. The van der Waals surface area contributed by atoms with E-state index in [1.54, 1.807) is 6.07 Å². The third-order valence-corrected chi connectivity index (χ3v) is 3.54. The minimum atomic E-state index is 0.489. The van der Waals surface area contributed by atoms with Crippen molar-refractivity contribution < 1.29 is 9.68 Å². The van der Waals surface area contributed by atoms with Crippen LogP contribution in [-0.4, -0.2) is 35.1 Å². The molecule has 0 amide bonds. The fraction of sp³-hybridized carbons (Fsp3) is 0.300. The normalized spacial score (nSPS) is 11.8. The molecule has 134 valence electrons. The van der Waals surface area contributed by atoms with Crippen molar-refractivity contribution >= 4 is 11.4 Å². The van der Waals surface area contributed by atoms with Crippen molar-refractivity contribution in [3.05, 3.63) is 59.2 Å². The summed E-state index contributed by atoms with van der Waals surface area (Å²) in [4.78, 5) is 19.0. The highest BCUT2D eigenvalue weighted by Gasteiger charge is 2.03. The number of hydrogen-bond acceptors (Lipinski definition) is 6. The summed E-state index contributed by atoms with van der Waals surface area (Å²) in [6.07, 6.45) is 6.94. The SMILES string of the molecule is C#Cc1cccc(C(C)=NOCCCc2cccc(C(C)=NOC)n2)n1. The zero-order valence-corrected chi connectivity index (χ0v) is 15.3. The molecular weight excluding hydrogens is 328 g/mol. The molecule has 0 atom stereocenters. The fourth-order valence-corrected chi connectivity index (χ4v) is 2.23. The Labute approximate surface area is 154 Å². The van der Waals surface area contributed by atoms with Crippen molar-refractivity contribution in [3.8, 4) is 12.3 Å². The third kappa shape index (κ3) is 5.71. The van der Waals surface area contributed by atoms with E-state index in [0.29, 0.717) is 23.7 Å². The summed E-state index contributed by atoms with van der Waals surface area (Å²) in [7, 11) is 1.52. The van der Waals surface area contributed by atoms with Crippen LogP contribution in [0.2, 0.25) is 0 Å². The highest BCUT2D eigenvalue weighted by Crippen LogP contribution is 2.05. The van der Waals surface area contributed by atoms with E-state index in [1.165, 1.54) is 7.11 Å². The Morgan fingerprint density at radius 1 is 1.04 bits per heavy atom. The minimum Gasteiger partial charge on any atom is -0.399 e. The molecule has 6 nitrogen and oxygen atoms in total. The first-order valence-electron chi connectivity index (χ1n) is 8.28. The number of rotatable bonds is 8. The van der Waals surface area contributed by atoms with Crippen molar-refractivity contribution in [1.82, 2.24) is 9.97 Å². The van der Waals surface area contributed by atoms with Crippen LogP contribution in [0, 0.1) is 12.3 Å². The van der Waals surface area contributed by atoms with E-state index in [-0.39, 0.29) is 0 Å². The molecule has 0 aliphatic carbocycles. The van der Waals surface area contributed by atoms with Gasteiger partial charge in [0.2, 0.25) is 0 Å². The van der Waals surface area contributed by atoms with Gasteiger partial charge in [-0.15, -0.1) is 6.42 Å². The molecular formula is C20H22N4O2. The smallest absolute Gasteiger partial charge is 0.117 e. The Morgan fingerprint density at radius 3 is 2.46 bits per heavy atom. The molecule has 0 saturated heterocycles. The highest BCUT2D eigenvalue weighted by atomic mass is 16.6. The summed E-state index contributed by atoms with van der Waals surface area (Å²) in [6.45, 7) is 4.19. The van der Waals surface area contributed by atoms with Crippen molar-refractivity contribution in [1.29, 1.82) is 0 Å². The second kappa shape index (κ2) is 9.94. The van der Waals surface area contributed by atoms with Gasteiger partial charge in [0.25, 0.3) is 0 Å². The maximum atomic E-state index is 5.39. The van der Waals surface area contributed by atoms with Gasteiger partial charge in [0.1, 0.15) is 30.8 Å². The topological polar surface area (TPSA) is 69.0 Å². The van der Waals surface area contributed by atoms with Gasteiger partial charge in [-0.05, 0) is 51.0 Å². The van der Waals surface area contributed by atoms with E-state index in [4.69, 9.17) is 16.1 Å². The van der Waals surface area contributed by atoms with Crippen molar-refractivity contribution in [3.63, 3.8) is 0 Å². The Balaban J connectivity index is 1.84. The zero-order chi connectivity index (χ0) is 18.8. The predicted octanol–water partition coefficient (Wildman–Crippen LogP) is 3.20. The lowest BCUT2D eigenvalue weighted by Crippen LogP contribution is -2.04. The predicted molar refractivity (Wildman–Crippen MR) is 102 cm³/mol. The van der Waals surface area contributed by atoms with Crippen LogP contribution in [0.5, 0.6) is 0 Å². The van der Waals surface area contributed by atoms with Gasteiger partial charge in [-0.3, -0.25) is 4.98 Å². The molecule has 0 radical (unpaired) electrons. The van der Waals surface area contributed by atoms with Crippen LogP contribution in [0.15, 0.2) is 46.7 Å². The Morgan fingerprint density at radius 2 is 1.73 bits per heavy atom. The lowest BCUT2D eigenvalue weighted by Gasteiger charge is -2.05. The van der Waals surface area contributed by atoms with E-state index < -0.39 is 0 Å². The summed E-state index contributed by atoms with van der Waals surface area (Å²) >= 11 is 0. The monoisotopic (exact) mass is 350 g/mol. The fourth-order valence-electron chi connectivity index (χ4n) is 2.23. The Bertz CT molecular complexity index is 838. The summed E-state index contributed by atoms with van der Waals surface area (Å²) in [5.41, 5.74) is 4.50. The number of pyridine rings is 2. The van der Waals surface area contributed by atoms with Crippen molar-refractivity contribution in [2.24, 2.45) is 10.3 Å². The van der Waals surface area contributed by atoms with Crippen LogP contribution in [0.1, 0.15) is 43.0 Å². The van der Waals surface area contributed by atoms with E-state index in [2.05, 4.69) is 26.2 Å². The van der Waals surface area contributed by atoms with Crippen LogP contribution in [0.3, 0.4) is 0 Å². The van der Waals surface area contributed by atoms with Crippen LogP contribution in [-0.2, 0) is 16.1 Å². The summed E-state index contributed by atoms with van der Waals surface area (Å²) in [5.74, 6) is 2.51. The van der Waals surface area contributed by atoms with Gasteiger partial charge >= 0.3 is 0 Å². The van der Waals surface area contributed by atoms with Gasteiger partial charge < -0.3 is 9.68 Å². The van der Waals surface area contributed by atoms with Gasteiger partial charge in [0.15, 0.2) is 0 Å². The van der Waals surface area contributed by atoms with Crippen LogP contribution in [0.25, 0.3) is 0 Å². The van der Waals surface area contributed by atoms with Gasteiger partial charge in [-0.2, -0.15) is 0 Å². The molecule has 2 rings (SSSR count). The first kappa shape index (κ1) is 19.1. The van der Waals surface area contributed by atoms with Crippen LogP contribution in [0.4, 0.5) is 0 Å². The van der Waals surface area contributed by atoms with E-state index in [9.17, 15) is 0 Å². The lowest BCUT2D eigenvalue weighted by molar-refractivity contribution is 0.141. The first-order valence-corrected chi connectivity index (χ1v) is 8.28. The maximum Gasteiger partial charge on any atom is 0.117 e. The standard InChI is InChI=1S/C20H22N4O2/c1-5-17-9-6-12-20(21-17)16(3)24-26-14-8-11-18-10-7-13-19(22-18)15(2)23-25-4/h1,6-7,9-10,12-13H,8,11,14H2,2-4H3.